The van der Waals surface area contributed by atoms with Crippen LogP contribution in [0.2, 0.25) is 0 Å². The van der Waals surface area contributed by atoms with Gasteiger partial charge in [-0.15, -0.1) is 11.3 Å². The Morgan fingerprint density at radius 1 is 1.50 bits per heavy atom. The van der Waals surface area contributed by atoms with Crippen molar-refractivity contribution in [1.82, 2.24) is 4.98 Å². The maximum absolute atomic E-state index is 13.2. The standard InChI is InChI=1S/C13H12FNO2S/c1-8-15-10(7-18-8)6-12(16)11-5-9(14)3-4-13(11)17-2/h3-5,7H,6H2,1-2H3. The van der Waals surface area contributed by atoms with Crippen molar-refractivity contribution in [3.8, 4) is 5.75 Å². The molecule has 0 aliphatic carbocycles. The predicted octanol–water partition coefficient (Wildman–Crippen LogP) is 3.02. The molecule has 0 saturated carbocycles. The first-order valence-corrected chi connectivity index (χ1v) is 6.26. The molecular formula is C13H12FNO2S. The van der Waals surface area contributed by atoms with E-state index in [4.69, 9.17) is 4.74 Å². The average Bonchev–Trinajstić information content (AvgIpc) is 2.74. The Bertz CT molecular complexity index is 580. The molecule has 0 spiro atoms. The number of aryl methyl sites for hydroxylation is 1. The third-order valence-electron chi connectivity index (χ3n) is 2.47. The minimum absolute atomic E-state index is 0.157. The van der Waals surface area contributed by atoms with Crippen LogP contribution in [0.3, 0.4) is 0 Å². The third kappa shape index (κ3) is 2.73. The fourth-order valence-electron chi connectivity index (χ4n) is 1.65. The lowest BCUT2D eigenvalue weighted by Crippen LogP contribution is -2.06. The largest absolute Gasteiger partial charge is 0.496 e. The Morgan fingerprint density at radius 3 is 2.89 bits per heavy atom. The lowest BCUT2D eigenvalue weighted by molar-refractivity contribution is 0.0988. The zero-order valence-corrected chi connectivity index (χ0v) is 10.9. The Hall–Kier alpha value is -1.75. The van der Waals surface area contributed by atoms with E-state index in [-0.39, 0.29) is 17.8 Å². The molecule has 2 aromatic rings. The van der Waals surface area contributed by atoms with Crippen molar-refractivity contribution in [2.45, 2.75) is 13.3 Å². The summed E-state index contributed by atoms with van der Waals surface area (Å²) in [5.74, 6) is -0.265. The second kappa shape index (κ2) is 5.27. The van der Waals surface area contributed by atoms with E-state index in [9.17, 15) is 9.18 Å². The second-order valence-corrected chi connectivity index (χ2v) is 4.86. The molecule has 0 aliphatic rings. The van der Waals surface area contributed by atoms with Crippen molar-refractivity contribution in [1.29, 1.82) is 0 Å². The fraction of sp³-hybridized carbons (Fsp3) is 0.231. The lowest BCUT2D eigenvalue weighted by atomic mass is 10.1. The van der Waals surface area contributed by atoms with Gasteiger partial charge in [-0.25, -0.2) is 9.37 Å². The van der Waals surface area contributed by atoms with Crippen molar-refractivity contribution in [2.75, 3.05) is 7.11 Å². The highest BCUT2D eigenvalue weighted by atomic mass is 32.1. The molecule has 0 fully saturated rings. The van der Waals surface area contributed by atoms with E-state index in [0.29, 0.717) is 11.4 Å². The van der Waals surface area contributed by atoms with Crippen LogP contribution in [0.4, 0.5) is 4.39 Å². The number of Topliss-reactive ketones (excluding diaryl/α,β-unsaturated/α-hetero) is 1. The van der Waals surface area contributed by atoms with E-state index in [1.807, 2.05) is 12.3 Å². The fourth-order valence-corrected chi connectivity index (χ4v) is 2.26. The van der Waals surface area contributed by atoms with Crippen LogP contribution in [0.15, 0.2) is 23.6 Å². The molecule has 0 N–H and O–H groups in total. The molecule has 0 aliphatic heterocycles. The first-order chi connectivity index (χ1) is 8.60. The lowest BCUT2D eigenvalue weighted by Gasteiger charge is -2.06. The van der Waals surface area contributed by atoms with Crippen molar-refractivity contribution in [2.24, 2.45) is 0 Å². The van der Waals surface area contributed by atoms with Gasteiger partial charge in [0.05, 0.1) is 29.8 Å². The van der Waals surface area contributed by atoms with Crippen LogP contribution < -0.4 is 4.74 Å². The van der Waals surface area contributed by atoms with Crippen LogP contribution in [0, 0.1) is 12.7 Å². The van der Waals surface area contributed by atoms with Gasteiger partial charge in [-0.3, -0.25) is 4.79 Å². The molecule has 0 unspecified atom stereocenters. The molecule has 18 heavy (non-hydrogen) atoms. The monoisotopic (exact) mass is 265 g/mol. The summed E-state index contributed by atoms with van der Waals surface area (Å²) in [4.78, 5) is 16.3. The molecule has 0 saturated heterocycles. The summed E-state index contributed by atoms with van der Waals surface area (Å²) in [6.07, 6.45) is 0.157. The molecule has 5 heteroatoms. The number of benzene rings is 1. The second-order valence-electron chi connectivity index (χ2n) is 3.80. The van der Waals surface area contributed by atoms with Crippen LogP contribution in [-0.4, -0.2) is 17.9 Å². The first-order valence-electron chi connectivity index (χ1n) is 5.38. The molecule has 3 nitrogen and oxygen atoms in total. The van der Waals surface area contributed by atoms with Gasteiger partial charge in [-0.2, -0.15) is 0 Å². The normalized spacial score (nSPS) is 10.4. The van der Waals surface area contributed by atoms with Crippen LogP contribution >= 0.6 is 11.3 Å². The van der Waals surface area contributed by atoms with Gasteiger partial charge >= 0.3 is 0 Å². The highest BCUT2D eigenvalue weighted by Crippen LogP contribution is 2.21. The molecule has 0 atom stereocenters. The van der Waals surface area contributed by atoms with Crippen LogP contribution in [0.5, 0.6) is 5.75 Å². The molecule has 1 aromatic heterocycles. The van der Waals surface area contributed by atoms with E-state index in [2.05, 4.69) is 4.98 Å². The van der Waals surface area contributed by atoms with Gasteiger partial charge in [-0.05, 0) is 25.1 Å². The zero-order chi connectivity index (χ0) is 13.1. The molecule has 1 heterocycles. The summed E-state index contributed by atoms with van der Waals surface area (Å²) in [5.41, 5.74) is 0.956. The van der Waals surface area contributed by atoms with Gasteiger partial charge in [-0.1, -0.05) is 0 Å². The van der Waals surface area contributed by atoms with E-state index in [0.717, 1.165) is 5.01 Å². The maximum Gasteiger partial charge on any atom is 0.172 e. The van der Waals surface area contributed by atoms with Crippen LogP contribution in [0.25, 0.3) is 0 Å². The van der Waals surface area contributed by atoms with E-state index in [1.54, 1.807) is 0 Å². The number of ketones is 1. The number of carbonyl (C=O) groups is 1. The van der Waals surface area contributed by atoms with Crippen LogP contribution in [0.1, 0.15) is 21.1 Å². The molecule has 2 rings (SSSR count). The van der Waals surface area contributed by atoms with Crippen molar-refractivity contribution in [3.63, 3.8) is 0 Å². The number of carbonyl (C=O) groups excluding carboxylic acids is 1. The summed E-state index contributed by atoms with van der Waals surface area (Å²) < 4.78 is 18.2. The molecular weight excluding hydrogens is 253 g/mol. The highest BCUT2D eigenvalue weighted by molar-refractivity contribution is 7.09. The quantitative estimate of drug-likeness (QED) is 0.798. The topological polar surface area (TPSA) is 39.2 Å². The SMILES string of the molecule is COc1ccc(F)cc1C(=O)Cc1csc(C)n1. The number of halogens is 1. The van der Waals surface area contributed by atoms with Gasteiger partial charge in [0.15, 0.2) is 5.78 Å². The number of thiazole rings is 1. The Balaban J connectivity index is 2.25. The Labute approximate surface area is 108 Å². The summed E-state index contributed by atoms with van der Waals surface area (Å²) in [6, 6.07) is 3.91. The minimum atomic E-state index is -0.450. The number of aromatic nitrogens is 1. The van der Waals surface area contributed by atoms with Gasteiger partial charge in [0.2, 0.25) is 0 Å². The highest BCUT2D eigenvalue weighted by Gasteiger charge is 2.15. The number of hydrogen-bond donors (Lipinski definition) is 0. The van der Waals surface area contributed by atoms with Crippen LogP contribution in [-0.2, 0) is 6.42 Å². The molecule has 0 bridgehead atoms. The Kier molecular flexibility index (Phi) is 3.72. The van der Waals surface area contributed by atoms with E-state index < -0.39 is 5.82 Å². The van der Waals surface area contributed by atoms with Crippen molar-refractivity contribution >= 4 is 17.1 Å². The van der Waals surface area contributed by atoms with Crippen molar-refractivity contribution < 1.29 is 13.9 Å². The average molecular weight is 265 g/mol. The van der Waals surface area contributed by atoms with E-state index >= 15 is 0 Å². The van der Waals surface area contributed by atoms with Gasteiger partial charge in [0.1, 0.15) is 11.6 Å². The van der Waals surface area contributed by atoms with Gasteiger partial charge in [0.25, 0.3) is 0 Å². The maximum atomic E-state index is 13.2. The van der Waals surface area contributed by atoms with E-state index in [1.165, 1.54) is 36.6 Å². The number of hydrogen-bond acceptors (Lipinski definition) is 4. The summed E-state index contributed by atoms with van der Waals surface area (Å²) >= 11 is 1.49. The summed E-state index contributed by atoms with van der Waals surface area (Å²) in [7, 11) is 1.46. The van der Waals surface area contributed by atoms with Crippen molar-refractivity contribution in [3.05, 3.63) is 45.7 Å². The molecule has 1 aromatic carbocycles. The third-order valence-corrected chi connectivity index (χ3v) is 3.29. The number of rotatable bonds is 4. The predicted molar refractivity (Wildman–Crippen MR) is 67.8 cm³/mol. The zero-order valence-electron chi connectivity index (χ0n) is 10.1. The smallest absolute Gasteiger partial charge is 0.172 e. The number of ether oxygens (including phenoxy) is 1. The first kappa shape index (κ1) is 12.7. The molecule has 0 radical (unpaired) electrons. The summed E-state index contributed by atoms with van der Waals surface area (Å²) in [6.45, 7) is 1.88. The number of methoxy groups -OCH3 is 1. The molecule has 0 amide bonds. The Morgan fingerprint density at radius 2 is 2.28 bits per heavy atom. The van der Waals surface area contributed by atoms with Gasteiger partial charge in [0, 0.05) is 5.38 Å². The summed E-state index contributed by atoms with van der Waals surface area (Å²) in [5, 5.41) is 2.74. The minimum Gasteiger partial charge on any atom is -0.496 e. The molecule has 94 valence electrons. The number of nitrogens with zero attached hydrogens (tertiary/aromatic N) is 1. The van der Waals surface area contributed by atoms with Gasteiger partial charge < -0.3 is 4.74 Å².